The molecule has 0 aliphatic rings. The molecule has 0 bridgehead atoms. The molecule has 128 valence electrons. The lowest BCUT2D eigenvalue weighted by Gasteiger charge is -2.09. The van der Waals surface area contributed by atoms with E-state index in [2.05, 4.69) is 9.72 Å². The van der Waals surface area contributed by atoms with Gasteiger partial charge in [-0.15, -0.1) is 0 Å². The van der Waals surface area contributed by atoms with E-state index in [1.54, 1.807) is 0 Å². The van der Waals surface area contributed by atoms with Gasteiger partial charge < -0.3 is 13.9 Å². The van der Waals surface area contributed by atoms with E-state index in [1.165, 1.54) is 30.5 Å². The van der Waals surface area contributed by atoms with Crippen LogP contribution in [0.3, 0.4) is 0 Å². The van der Waals surface area contributed by atoms with E-state index in [-0.39, 0.29) is 17.9 Å². The third kappa shape index (κ3) is 4.20. The van der Waals surface area contributed by atoms with E-state index in [0.717, 1.165) is 5.56 Å². The number of hydrogen-bond acceptors (Lipinski definition) is 5. The van der Waals surface area contributed by atoms with Crippen LogP contribution in [0.4, 0.5) is 8.78 Å². The number of rotatable bonds is 6. The number of oxazole rings is 1. The molecule has 3 aromatic rings. The quantitative estimate of drug-likeness (QED) is 0.623. The molecule has 0 saturated heterocycles. The van der Waals surface area contributed by atoms with E-state index in [4.69, 9.17) is 9.15 Å². The van der Waals surface area contributed by atoms with Gasteiger partial charge in [0.2, 0.25) is 5.89 Å². The number of hydrogen-bond donors (Lipinski definition) is 0. The normalized spacial score (nSPS) is 10.7. The van der Waals surface area contributed by atoms with Gasteiger partial charge in [0.1, 0.15) is 29.9 Å². The number of para-hydroxylation sites is 1. The summed E-state index contributed by atoms with van der Waals surface area (Å²) in [6.45, 7) is -3.18. The van der Waals surface area contributed by atoms with Crippen LogP contribution in [0.25, 0.3) is 11.5 Å². The Hall–Kier alpha value is -3.22. The van der Waals surface area contributed by atoms with Crippen LogP contribution in [-0.4, -0.2) is 17.6 Å². The second-order valence-corrected chi connectivity index (χ2v) is 4.96. The molecule has 0 N–H and O–H groups in total. The highest BCUT2D eigenvalue weighted by Crippen LogP contribution is 2.22. The average Bonchev–Trinajstić information content (AvgIpc) is 3.09. The number of ether oxygens (including phenoxy) is 2. The van der Waals surface area contributed by atoms with Gasteiger partial charge in [0.15, 0.2) is 0 Å². The van der Waals surface area contributed by atoms with Gasteiger partial charge in [-0.3, -0.25) is 0 Å². The summed E-state index contributed by atoms with van der Waals surface area (Å²) in [6.07, 6.45) is 1.37. The molecule has 1 heterocycles. The Morgan fingerprint density at radius 2 is 1.80 bits per heavy atom. The number of benzene rings is 2. The summed E-state index contributed by atoms with van der Waals surface area (Å²) in [5.74, 6) is -0.638. The maximum atomic E-state index is 12.4. The van der Waals surface area contributed by atoms with Crippen molar-refractivity contribution in [2.24, 2.45) is 0 Å². The van der Waals surface area contributed by atoms with Gasteiger partial charge in [-0.1, -0.05) is 30.3 Å². The summed E-state index contributed by atoms with van der Waals surface area (Å²) in [7, 11) is 0. The van der Waals surface area contributed by atoms with Crippen molar-refractivity contribution in [1.82, 2.24) is 4.98 Å². The summed E-state index contributed by atoms with van der Waals surface area (Å²) in [5, 5.41) is 0. The second kappa shape index (κ2) is 7.57. The predicted molar refractivity (Wildman–Crippen MR) is 84.1 cm³/mol. The Kier molecular flexibility index (Phi) is 5.03. The van der Waals surface area contributed by atoms with Gasteiger partial charge in [-0.2, -0.15) is 8.78 Å². The number of carbonyl (C=O) groups is 1. The van der Waals surface area contributed by atoms with Crippen molar-refractivity contribution < 1.29 is 27.5 Å². The van der Waals surface area contributed by atoms with Gasteiger partial charge in [-0.05, 0) is 24.3 Å². The van der Waals surface area contributed by atoms with E-state index >= 15 is 0 Å². The Bertz CT molecular complexity index is 849. The summed E-state index contributed by atoms with van der Waals surface area (Å²) in [6, 6.07) is 14.9. The van der Waals surface area contributed by atoms with Crippen LogP contribution in [0.15, 0.2) is 65.3 Å². The number of carbonyl (C=O) groups excluding carboxylic acids is 1. The number of halogens is 2. The maximum absolute atomic E-state index is 12.4. The first kappa shape index (κ1) is 16.6. The molecular weight excluding hydrogens is 332 g/mol. The highest BCUT2D eigenvalue weighted by atomic mass is 19.3. The smallest absolute Gasteiger partial charge is 0.387 e. The molecule has 0 aliphatic heterocycles. The minimum Gasteiger partial charge on any atom is -0.455 e. The third-order valence-electron chi connectivity index (χ3n) is 3.25. The number of nitrogens with zero attached hydrogens (tertiary/aromatic N) is 1. The molecule has 0 saturated carbocycles. The van der Waals surface area contributed by atoms with Crippen LogP contribution in [0, 0.1) is 0 Å². The van der Waals surface area contributed by atoms with E-state index in [1.807, 2.05) is 30.3 Å². The van der Waals surface area contributed by atoms with Crippen molar-refractivity contribution in [3.05, 3.63) is 72.1 Å². The fourth-order valence-corrected chi connectivity index (χ4v) is 2.14. The van der Waals surface area contributed by atoms with Crippen LogP contribution in [0.5, 0.6) is 5.75 Å². The molecule has 2 aromatic carbocycles. The summed E-state index contributed by atoms with van der Waals surface area (Å²) >= 11 is 0. The third-order valence-corrected chi connectivity index (χ3v) is 3.25. The van der Waals surface area contributed by atoms with Crippen molar-refractivity contribution in [1.29, 1.82) is 0 Å². The van der Waals surface area contributed by atoms with Crippen LogP contribution < -0.4 is 4.74 Å². The minimum atomic E-state index is -3.03. The standard InChI is InChI=1S/C18H13F2NO4/c19-18(20)25-15-9-5-4-8-14(15)17(22)24-11-13-10-23-16(21-13)12-6-2-1-3-7-12/h1-10,18H,11H2. The number of alkyl halides is 2. The Balaban J connectivity index is 1.66. The van der Waals surface area contributed by atoms with Crippen LogP contribution in [-0.2, 0) is 11.3 Å². The van der Waals surface area contributed by atoms with E-state index in [0.29, 0.717) is 11.6 Å². The first-order valence-corrected chi connectivity index (χ1v) is 7.34. The highest BCUT2D eigenvalue weighted by molar-refractivity contribution is 5.92. The number of esters is 1. The maximum Gasteiger partial charge on any atom is 0.387 e. The SMILES string of the molecule is O=C(OCc1coc(-c2ccccc2)n1)c1ccccc1OC(F)F. The lowest BCUT2D eigenvalue weighted by molar-refractivity contribution is -0.0505. The van der Waals surface area contributed by atoms with Gasteiger partial charge >= 0.3 is 12.6 Å². The fraction of sp³-hybridized carbons (Fsp3) is 0.111. The fourth-order valence-electron chi connectivity index (χ4n) is 2.14. The zero-order valence-corrected chi connectivity index (χ0v) is 12.9. The lowest BCUT2D eigenvalue weighted by atomic mass is 10.2. The van der Waals surface area contributed by atoms with Crippen molar-refractivity contribution in [2.75, 3.05) is 0 Å². The average molecular weight is 345 g/mol. The van der Waals surface area contributed by atoms with Crippen LogP contribution in [0.2, 0.25) is 0 Å². The van der Waals surface area contributed by atoms with Crippen LogP contribution in [0.1, 0.15) is 16.1 Å². The van der Waals surface area contributed by atoms with Crippen molar-refractivity contribution in [3.63, 3.8) is 0 Å². The zero-order valence-electron chi connectivity index (χ0n) is 12.9. The lowest BCUT2D eigenvalue weighted by Crippen LogP contribution is -2.10. The Labute approximate surface area is 141 Å². The molecule has 0 atom stereocenters. The largest absolute Gasteiger partial charge is 0.455 e. The summed E-state index contributed by atoms with van der Waals surface area (Å²) in [4.78, 5) is 16.3. The van der Waals surface area contributed by atoms with Gasteiger partial charge in [0.25, 0.3) is 0 Å². The monoisotopic (exact) mass is 345 g/mol. The van der Waals surface area contributed by atoms with Crippen molar-refractivity contribution >= 4 is 5.97 Å². The first-order valence-electron chi connectivity index (χ1n) is 7.34. The second-order valence-electron chi connectivity index (χ2n) is 4.96. The topological polar surface area (TPSA) is 61.6 Å². The molecule has 7 heteroatoms. The van der Waals surface area contributed by atoms with E-state index < -0.39 is 12.6 Å². The summed E-state index contributed by atoms with van der Waals surface area (Å²) < 4.78 is 39.5. The minimum absolute atomic E-state index is 0.0884. The molecule has 0 amide bonds. The molecule has 1 aromatic heterocycles. The molecule has 3 rings (SSSR count). The van der Waals surface area contributed by atoms with Crippen molar-refractivity contribution in [2.45, 2.75) is 13.2 Å². The Morgan fingerprint density at radius 3 is 2.56 bits per heavy atom. The van der Waals surface area contributed by atoms with Gasteiger partial charge in [0, 0.05) is 5.56 Å². The molecule has 25 heavy (non-hydrogen) atoms. The molecule has 0 aliphatic carbocycles. The highest BCUT2D eigenvalue weighted by Gasteiger charge is 2.17. The first-order chi connectivity index (χ1) is 12.1. The molecule has 0 fully saturated rings. The van der Waals surface area contributed by atoms with Crippen LogP contribution >= 0.6 is 0 Å². The van der Waals surface area contributed by atoms with Crippen molar-refractivity contribution in [3.8, 4) is 17.2 Å². The van der Waals surface area contributed by atoms with Gasteiger partial charge in [-0.25, -0.2) is 9.78 Å². The summed E-state index contributed by atoms with van der Waals surface area (Å²) in [5.41, 5.74) is 1.10. The molecule has 5 nitrogen and oxygen atoms in total. The molecule has 0 radical (unpaired) electrons. The molecule has 0 spiro atoms. The molecular formula is C18H13F2NO4. The predicted octanol–water partition coefficient (Wildman–Crippen LogP) is 4.30. The molecule has 0 unspecified atom stereocenters. The zero-order chi connectivity index (χ0) is 17.6. The Morgan fingerprint density at radius 1 is 1.08 bits per heavy atom. The van der Waals surface area contributed by atoms with E-state index in [9.17, 15) is 13.6 Å². The van der Waals surface area contributed by atoms with Gasteiger partial charge in [0.05, 0.1) is 0 Å². The number of aromatic nitrogens is 1.